The Kier molecular flexibility index (Phi) is 6.80. The van der Waals surface area contributed by atoms with E-state index in [1.54, 1.807) is 0 Å². The Labute approximate surface area is 136 Å². The predicted molar refractivity (Wildman–Crippen MR) is 97.2 cm³/mol. The lowest BCUT2D eigenvalue weighted by Crippen LogP contribution is -2.21. The number of benzene rings is 1. The summed E-state index contributed by atoms with van der Waals surface area (Å²) in [5.74, 6) is 0.726. The quantitative estimate of drug-likeness (QED) is 0.685. The van der Waals surface area contributed by atoms with Gasteiger partial charge in [-0.3, -0.25) is 4.98 Å². The van der Waals surface area contributed by atoms with Crippen molar-refractivity contribution in [2.75, 3.05) is 0 Å². The van der Waals surface area contributed by atoms with Gasteiger partial charge in [0.2, 0.25) is 0 Å². The molecule has 2 aromatic rings. The van der Waals surface area contributed by atoms with Crippen LogP contribution in [0.2, 0.25) is 0 Å². The summed E-state index contributed by atoms with van der Waals surface area (Å²) in [4.78, 5) is 4.08. The minimum absolute atomic E-state index is 0.398. The average Bonchev–Trinajstić information content (AvgIpc) is 2.45. The highest BCUT2D eigenvalue weighted by molar-refractivity contribution is 5.22. The third-order valence-corrected chi connectivity index (χ3v) is 4.40. The Balaban J connectivity index is 0.000000255. The highest BCUT2D eigenvalue weighted by atomic mass is 14.6. The molecule has 0 atom stereocenters. The van der Waals surface area contributed by atoms with Gasteiger partial charge in [0, 0.05) is 11.9 Å². The van der Waals surface area contributed by atoms with Crippen LogP contribution in [0.5, 0.6) is 0 Å². The number of nitrogens with zero attached hydrogens (tertiary/aromatic N) is 1. The summed E-state index contributed by atoms with van der Waals surface area (Å²) < 4.78 is 0. The van der Waals surface area contributed by atoms with E-state index < -0.39 is 0 Å². The van der Waals surface area contributed by atoms with Crippen LogP contribution in [-0.4, -0.2) is 4.98 Å². The molecule has 0 aliphatic carbocycles. The van der Waals surface area contributed by atoms with Crippen LogP contribution in [0, 0.1) is 32.1 Å². The topological polar surface area (TPSA) is 12.9 Å². The fourth-order valence-electron chi connectivity index (χ4n) is 1.98. The molecule has 120 valence electrons. The molecular formula is C21H31N. The standard InChI is InChI=1S/C14H22.C7H9N/c1-11(2)14(4,5)10-13-8-6-12(3)7-9-13;1-6-3-4-7(2)8-5-6/h6-9,11H,10H2,1-5H3;3-5H,1-2H3. The maximum absolute atomic E-state index is 4.08. The number of hydrogen-bond acceptors (Lipinski definition) is 1. The lowest BCUT2D eigenvalue weighted by molar-refractivity contribution is 0.248. The zero-order valence-corrected chi connectivity index (χ0v) is 15.3. The molecule has 0 unspecified atom stereocenters. The smallest absolute Gasteiger partial charge is 0.0372 e. The van der Waals surface area contributed by atoms with E-state index in [2.05, 4.69) is 69.9 Å². The third-order valence-electron chi connectivity index (χ3n) is 4.40. The van der Waals surface area contributed by atoms with Crippen molar-refractivity contribution in [3.05, 3.63) is 65.0 Å². The van der Waals surface area contributed by atoms with Crippen LogP contribution in [-0.2, 0) is 6.42 Å². The van der Waals surface area contributed by atoms with Crippen LogP contribution in [0.3, 0.4) is 0 Å². The predicted octanol–water partition coefficient (Wildman–Crippen LogP) is 5.92. The van der Waals surface area contributed by atoms with Gasteiger partial charge in [-0.1, -0.05) is 63.6 Å². The van der Waals surface area contributed by atoms with Crippen molar-refractivity contribution < 1.29 is 0 Å². The van der Waals surface area contributed by atoms with Crippen LogP contribution < -0.4 is 0 Å². The van der Waals surface area contributed by atoms with Gasteiger partial charge < -0.3 is 0 Å². The Hall–Kier alpha value is -1.63. The summed E-state index contributed by atoms with van der Waals surface area (Å²) >= 11 is 0. The van der Waals surface area contributed by atoms with Gasteiger partial charge >= 0.3 is 0 Å². The second-order valence-electron chi connectivity index (χ2n) is 7.28. The molecule has 0 aliphatic rings. The zero-order chi connectivity index (χ0) is 16.8. The first kappa shape index (κ1) is 18.4. The largest absolute Gasteiger partial charge is 0.261 e. The van der Waals surface area contributed by atoms with Gasteiger partial charge in [-0.25, -0.2) is 0 Å². The maximum atomic E-state index is 4.08. The van der Waals surface area contributed by atoms with Crippen molar-refractivity contribution in [3.63, 3.8) is 0 Å². The van der Waals surface area contributed by atoms with Crippen LogP contribution in [0.1, 0.15) is 50.1 Å². The van der Waals surface area contributed by atoms with Gasteiger partial charge in [-0.15, -0.1) is 0 Å². The van der Waals surface area contributed by atoms with E-state index in [-0.39, 0.29) is 0 Å². The lowest BCUT2D eigenvalue weighted by atomic mass is 9.76. The van der Waals surface area contributed by atoms with Crippen LogP contribution in [0.4, 0.5) is 0 Å². The zero-order valence-electron chi connectivity index (χ0n) is 15.3. The first-order chi connectivity index (χ1) is 10.2. The molecule has 2 rings (SSSR count). The summed E-state index contributed by atoms with van der Waals surface area (Å²) in [7, 11) is 0. The Morgan fingerprint density at radius 2 is 1.41 bits per heavy atom. The Morgan fingerprint density at radius 3 is 1.82 bits per heavy atom. The molecule has 1 heterocycles. The van der Waals surface area contributed by atoms with Gasteiger partial charge in [-0.05, 0) is 55.7 Å². The van der Waals surface area contributed by atoms with Crippen molar-refractivity contribution in [1.29, 1.82) is 0 Å². The maximum Gasteiger partial charge on any atom is 0.0372 e. The van der Waals surface area contributed by atoms with Crippen molar-refractivity contribution in [1.82, 2.24) is 4.98 Å². The number of aryl methyl sites for hydroxylation is 3. The molecule has 1 aromatic heterocycles. The normalized spacial score (nSPS) is 11.1. The second-order valence-corrected chi connectivity index (χ2v) is 7.28. The summed E-state index contributed by atoms with van der Waals surface area (Å²) in [6.07, 6.45) is 3.04. The van der Waals surface area contributed by atoms with Crippen molar-refractivity contribution >= 4 is 0 Å². The average molecular weight is 297 g/mol. The van der Waals surface area contributed by atoms with E-state index in [4.69, 9.17) is 0 Å². The summed E-state index contributed by atoms with van der Waals surface area (Å²) in [6, 6.07) is 13.0. The molecule has 1 heteroatoms. The van der Waals surface area contributed by atoms with Crippen LogP contribution in [0.15, 0.2) is 42.6 Å². The first-order valence-corrected chi connectivity index (χ1v) is 8.15. The molecule has 0 aliphatic heterocycles. The van der Waals surface area contributed by atoms with Crippen molar-refractivity contribution in [2.45, 2.75) is 54.9 Å². The van der Waals surface area contributed by atoms with E-state index >= 15 is 0 Å². The molecular weight excluding hydrogens is 266 g/mol. The fourth-order valence-corrected chi connectivity index (χ4v) is 1.98. The number of pyridine rings is 1. The minimum atomic E-state index is 0.398. The van der Waals surface area contributed by atoms with Gasteiger partial charge in [0.05, 0.1) is 0 Å². The summed E-state index contributed by atoms with van der Waals surface area (Å²) in [6.45, 7) is 15.4. The van der Waals surface area contributed by atoms with Gasteiger partial charge in [-0.2, -0.15) is 0 Å². The van der Waals surface area contributed by atoms with E-state index in [1.807, 2.05) is 26.1 Å². The SMILES string of the molecule is Cc1ccc(C)nc1.Cc1ccc(CC(C)(C)C(C)C)cc1. The first-order valence-electron chi connectivity index (χ1n) is 8.15. The molecule has 0 radical (unpaired) electrons. The molecule has 0 bridgehead atoms. The Bertz CT molecular complexity index is 526. The number of hydrogen-bond donors (Lipinski definition) is 0. The molecule has 0 saturated heterocycles. The molecule has 1 nitrogen and oxygen atoms in total. The second kappa shape index (κ2) is 8.12. The fraction of sp³-hybridized carbons (Fsp3) is 0.476. The molecule has 0 amide bonds. The minimum Gasteiger partial charge on any atom is -0.261 e. The molecule has 0 spiro atoms. The van der Waals surface area contributed by atoms with Gasteiger partial charge in [0.1, 0.15) is 0 Å². The van der Waals surface area contributed by atoms with E-state index in [0.29, 0.717) is 5.41 Å². The highest BCUT2D eigenvalue weighted by Crippen LogP contribution is 2.30. The lowest BCUT2D eigenvalue weighted by Gasteiger charge is -2.29. The van der Waals surface area contributed by atoms with E-state index in [0.717, 1.165) is 11.6 Å². The molecule has 1 aromatic carbocycles. The van der Waals surface area contributed by atoms with E-state index in [1.165, 1.54) is 23.1 Å². The van der Waals surface area contributed by atoms with Crippen LogP contribution >= 0.6 is 0 Å². The third kappa shape index (κ3) is 6.43. The summed E-state index contributed by atoms with van der Waals surface area (Å²) in [5, 5.41) is 0. The van der Waals surface area contributed by atoms with E-state index in [9.17, 15) is 0 Å². The highest BCUT2D eigenvalue weighted by Gasteiger charge is 2.22. The van der Waals surface area contributed by atoms with Gasteiger partial charge in [0.15, 0.2) is 0 Å². The Morgan fingerprint density at radius 1 is 0.864 bits per heavy atom. The van der Waals surface area contributed by atoms with Gasteiger partial charge in [0.25, 0.3) is 0 Å². The van der Waals surface area contributed by atoms with Crippen molar-refractivity contribution in [3.8, 4) is 0 Å². The van der Waals surface area contributed by atoms with Crippen LogP contribution in [0.25, 0.3) is 0 Å². The molecule has 0 N–H and O–H groups in total. The number of rotatable bonds is 3. The number of aromatic nitrogens is 1. The molecule has 22 heavy (non-hydrogen) atoms. The molecule has 0 fully saturated rings. The van der Waals surface area contributed by atoms with Crippen molar-refractivity contribution in [2.24, 2.45) is 11.3 Å². The molecule has 0 saturated carbocycles. The summed E-state index contributed by atoms with van der Waals surface area (Å²) in [5.41, 5.74) is 5.49. The monoisotopic (exact) mass is 297 g/mol.